The SMILES string of the molecule is CCc1nn2c(=O)cc(CN(C)Cc3ccc(Cl)cc3Cl)nc2s1. The van der Waals surface area contributed by atoms with Crippen molar-refractivity contribution < 1.29 is 0 Å². The molecule has 3 rings (SSSR count). The molecule has 0 spiro atoms. The quantitative estimate of drug-likeness (QED) is 0.675. The van der Waals surface area contributed by atoms with Gasteiger partial charge < -0.3 is 0 Å². The smallest absolute Gasteiger partial charge is 0.275 e. The molecular formula is C16H16Cl2N4OS. The zero-order valence-electron chi connectivity index (χ0n) is 13.3. The molecule has 126 valence electrons. The summed E-state index contributed by atoms with van der Waals surface area (Å²) in [5.41, 5.74) is 1.55. The monoisotopic (exact) mass is 382 g/mol. The molecule has 3 aromatic rings. The Morgan fingerprint density at radius 2 is 2.04 bits per heavy atom. The van der Waals surface area contributed by atoms with Crippen molar-refractivity contribution >= 4 is 39.5 Å². The summed E-state index contributed by atoms with van der Waals surface area (Å²) < 4.78 is 1.36. The summed E-state index contributed by atoms with van der Waals surface area (Å²) in [4.78, 5) is 19.4. The van der Waals surface area contributed by atoms with Crippen LogP contribution >= 0.6 is 34.5 Å². The van der Waals surface area contributed by atoms with Gasteiger partial charge in [0, 0.05) is 29.2 Å². The standard InChI is InChI=1S/C16H16Cl2N4OS/c1-3-14-20-22-15(23)7-12(19-16(22)24-14)9-21(2)8-10-4-5-11(17)6-13(10)18/h4-7H,3,8-9H2,1-2H3. The van der Waals surface area contributed by atoms with Gasteiger partial charge in [0.15, 0.2) is 0 Å². The van der Waals surface area contributed by atoms with E-state index in [1.807, 2.05) is 26.1 Å². The average molecular weight is 383 g/mol. The van der Waals surface area contributed by atoms with Crippen molar-refractivity contribution in [3.05, 3.63) is 60.9 Å². The van der Waals surface area contributed by atoms with E-state index in [1.165, 1.54) is 21.9 Å². The summed E-state index contributed by atoms with van der Waals surface area (Å²) in [5, 5.41) is 6.40. The van der Waals surface area contributed by atoms with Crippen LogP contribution in [-0.4, -0.2) is 26.5 Å². The van der Waals surface area contributed by atoms with Crippen molar-refractivity contribution in [2.45, 2.75) is 26.4 Å². The number of hydrogen-bond donors (Lipinski definition) is 0. The third kappa shape index (κ3) is 3.78. The molecule has 5 nitrogen and oxygen atoms in total. The molecule has 0 radical (unpaired) electrons. The number of aryl methyl sites for hydroxylation is 1. The average Bonchev–Trinajstić information content (AvgIpc) is 2.94. The van der Waals surface area contributed by atoms with Crippen molar-refractivity contribution in [3.63, 3.8) is 0 Å². The highest BCUT2D eigenvalue weighted by atomic mass is 35.5. The molecule has 0 bridgehead atoms. The van der Waals surface area contributed by atoms with Crippen LogP contribution in [0, 0.1) is 0 Å². The first-order valence-electron chi connectivity index (χ1n) is 7.47. The molecule has 0 aliphatic rings. The van der Waals surface area contributed by atoms with Gasteiger partial charge >= 0.3 is 0 Å². The van der Waals surface area contributed by atoms with Crippen molar-refractivity contribution in [2.75, 3.05) is 7.05 Å². The molecule has 24 heavy (non-hydrogen) atoms. The predicted octanol–water partition coefficient (Wildman–Crippen LogP) is 3.65. The van der Waals surface area contributed by atoms with Gasteiger partial charge in [-0.15, -0.1) is 0 Å². The number of rotatable bonds is 5. The predicted molar refractivity (Wildman–Crippen MR) is 98.1 cm³/mol. The number of benzene rings is 1. The normalized spacial score (nSPS) is 11.5. The Labute approximate surface area is 153 Å². The first-order chi connectivity index (χ1) is 11.5. The van der Waals surface area contributed by atoms with Crippen molar-refractivity contribution in [1.82, 2.24) is 19.5 Å². The fourth-order valence-corrected chi connectivity index (χ4v) is 3.72. The summed E-state index contributed by atoms with van der Waals surface area (Å²) >= 11 is 13.6. The van der Waals surface area contributed by atoms with Crippen molar-refractivity contribution in [1.29, 1.82) is 0 Å². The van der Waals surface area contributed by atoms with E-state index >= 15 is 0 Å². The van der Waals surface area contributed by atoms with Crippen LogP contribution in [0.4, 0.5) is 0 Å². The van der Waals surface area contributed by atoms with E-state index in [4.69, 9.17) is 23.2 Å². The summed E-state index contributed by atoms with van der Waals surface area (Å²) in [6, 6.07) is 6.99. The van der Waals surface area contributed by atoms with Crippen LogP contribution < -0.4 is 5.56 Å². The Morgan fingerprint density at radius 3 is 2.75 bits per heavy atom. The molecule has 0 fully saturated rings. The summed E-state index contributed by atoms with van der Waals surface area (Å²) in [7, 11) is 1.96. The molecule has 0 amide bonds. The minimum Gasteiger partial charge on any atom is -0.296 e. The molecule has 8 heteroatoms. The van der Waals surface area contributed by atoms with E-state index in [0.29, 0.717) is 28.1 Å². The number of halogens is 2. The molecule has 0 saturated carbocycles. The lowest BCUT2D eigenvalue weighted by molar-refractivity contribution is 0.315. The largest absolute Gasteiger partial charge is 0.296 e. The lowest BCUT2D eigenvalue weighted by Gasteiger charge is -2.17. The number of fused-ring (bicyclic) bond motifs is 1. The van der Waals surface area contributed by atoms with Crippen LogP contribution in [0.2, 0.25) is 10.0 Å². The van der Waals surface area contributed by atoms with Gasteiger partial charge in [-0.1, -0.05) is 47.5 Å². The summed E-state index contributed by atoms with van der Waals surface area (Å²) in [6.45, 7) is 3.19. The maximum atomic E-state index is 12.2. The van der Waals surface area contributed by atoms with Crippen LogP contribution in [0.15, 0.2) is 29.1 Å². The summed E-state index contributed by atoms with van der Waals surface area (Å²) in [6.07, 6.45) is 0.789. The maximum Gasteiger partial charge on any atom is 0.275 e. The van der Waals surface area contributed by atoms with Gasteiger partial charge in [-0.25, -0.2) is 4.98 Å². The zero-order chi connectivity index (χ0) is 17.3. The highest BCUT2D eigenvalue weighted by molar-refractivity contribution is 7.16. The Bertz CT molecular complexity index is 937. The van der Waals surface area contributed by atoms with Crippen molar-refractivity contribution in [3.8, 4) is 0 Å². The highest BCUT2D eigenvalue weighted by Gasteiger charge is 2.11. The van der Waals surface area contributed by atoms with E-state index in [9.17, 15) is 4.79 Å². The molecule has 1 aromatic carbocycles. The van der Waals surface area contributed by atoms with E-state index in [2.05, 4.69) is 15.0 Å². The Hall–Kier alpha value is -1.47. The van der Waals surface area contributed by atoms with Crippen LogP contribution in [0.1, 0.15) is 23.2 Å². The Morgan fingerprint density at radius 1 is 1.25 bits per heavy atom. The lowest BCUT2D eigenvalue weighted by atomic mass is 10.2. The first-order valence-corrected chi connectivity index (χ1v) is 9.04. The van der Waals surface area contributed by atoms with Crippen LogP contribution in [0.25, 0.3) is 4.96 Å². The molecule has 0 aliphatic carbocycles. The first kappa shape index (κ1) is 17.4. The molecule has 2 aromatic heterocycles. The van der Waals surface area contributed by atoms with Gasteiger partial charge in [-0.2, -0.15) is 9.61 Å². The van der Waals surface area contributed by atoms with Crippen LogP contribution in [0.5, 0.6) is 0 Å². The third-order valence-corrected chi connectivity index (χ3v) is 5.17. The fourth-order valence-electron chi connectivity index (χ4n) is 2.39. The van der Waals surface area contributed by atoms with Gasteiger partial charge in [0.2, 0.25) is 4.96 Å². The second-order valence-electron chi connectivity index (χ2n) is 5.54. The Kier molecular flexibility index (Phi) is 5.20. The second kappa shape index (κ2) is 7.19. The number of hydrogen-bond acceptors (Lipinski definition) is 5. The van der Waals surface area contributed by atoms with E-state index < -0.39 is 0 Å². The molecule has 0 unspecified atom stereocenters. The topological polar surface area (TPSA) is 50.5 Å². The van der Waals surface area contributed by atoms with Crippen LogP contribution in [0.3, 0.4) is 0 Å². The Balaban J connectivity index is 1.79. The third-order valence-electron chi connectivity index (χ3n) is 3.53. The van der Waals surface area contributed by atoms with Gasteiger partial charge in [0.25, 0.3) is 5.56 Å². The molecule has 0 N–H and O–H groups in total. The lowest BCUT2D eigenvalue weighted by Crippen LogP contribution is -2.22. The summed E-state index contributed by atoms with van der Waals surface area (Å²) in [5.74, 6) is 0. The maximum absolute atomic E-state index is 12.2. The number of nitrogens with zero attached hydrogens (tertiary/aromatic N) is 4. The zero-order valence-corrected chi connectivity index (χ0v) is 15.6. The van der Waals surface area contributed by atoms with Crippen LogP contribution in [-0.2, 0) is 19.5 Å². The minimum absolute atomic E-state index is 0.149. The van der Waals surface area contributed by atoms with Gasteiger partial charge in [0.1, 0.15) is 5.01 Å². The van der Waals surface area contributed by atoms with Gasteiger partial charge in [-0.3, -0.25) is 9.69 Å². The fraction of sp³-hybridized carbons (Fsp3) is 0.312. The second-order valence-corrected chi connectivity index (χ2v) is 7.42. The highest BCUT2D eigenvalue weighted by Crippen LogP contribution is 2.22. The van der Waals surface area contributed by atoms with E-state index in [1.54, 1.807) is 6.07 Å². The van der Waals surface area contributed by atoms with E-state index in [0.717, 1.165) is 22.7 Å². The minimum atomic E-state index is -0.149. The van der Waals surface area contributed by atoms with Gasteiger partial charge in [-0.05, 0) is 31.2 Å². The molecule has 0 saturated heterocycles. The van der Waals surface area contributed by atoms with Crippen molar-refractivity contribution in [2.24, 2.45) is 0 Å². The van der Waals surface area contributed by atoms with Gasteiger partial charge in [0.05, 0.1) is 5.69 Å². The molecule has 0 aliphatic heterocycles. The molecule has 0 atom stereocenters. The molecular weight excluding hydrogens is 367 g/mol. The van der Waals surface area contributed by atoms with E-state index in [-0.39, 0.29) is 5.56 Å². The number of aromatic nitrogens is 3. The molecule has 2 heterocycles.